The molecule has 4 nitrogen and oxygen atoms in total. The second-order valence-corrected chi connectivity index (χ2v) is 15.6. The van der Waals surface area contributed by atoms with Crippen LogP contribution in [0, 0.1) is 6.92 Å². The number of aryl methyl sites for hydroxylation is 1. The predicted molar refractivity (Wildman–Crippen MR) is 106 cm³/mol. The van der Waals surface area contributed by atoms with Crippen molar-refractivity contribution in [2.24, 2.45) is 0 Å². The summed E-state index contributed by atoms with van der Waals surface area (Å²) in [7, 11) is -1.88. The summed E-state index contributed by atoms with van der Waals surface area (Å²) in [5, 5.41) is 0.140. The van der Waals surface area contributed by atoms with Crippen LogP contribution in [0.15, 0.2) is 18.2 Å². The molecule has 6 heteroatoms. The smallest absolute Gasteiger partial charge is 0.192 e. The summed E-state index contributed by atoms with van der Waals surface area (Å²) in [5.74, 6) is 0. The first-order valence-electron chi connectivity index (χ1n) is 8.49. The average Bonchev–Trinajstić information content (AvgIpc) is 2.40. The third kappa shape index (κ3) is 6.15. The Kier molecular flexibility index (Phi) is 7.10. The molecule has 1 N–H and O–H groups in total. The van der Waals surface area contributed by atoms with E-state index in [0.29, 0.717) is 6.61 Å². The number of pyridine rings is 1. The topological polar surface area (TPSA) is 57.2 Å². The van der Waals surface area contributed by atoms with Crippen LogP contribution in [0.5, 0.6) is 0 Å². The van der Waals surface area contributed by atoms with Crippen LogP contribution in [-0.2, 0) is 15.8 Å². The lowest BCUT2D eigenvalue weighted by atomic mass is 10.2. The Hall–Kier alpha value is -0.403. The molecule has 0 saturated heterocycles. The van der Waals surface area contributed by atoms with E-state index in [-0.39, 0.29) is 15.8 Å². The molecular formula is C18H34N2O2SSi. The highest BCUT2D eigenvalue weighted by atomic mass is 32.2. The number of aromatic nitrogens is 1. The molecule has 1 aromatic rings. The number of nitrogens with zero attached hydrogens (tertiary/aromatic N) is 1. The molecule has 0 bridgehead atoms. The molecule has 0 aliphatic carbocycles. The zero-order valence-corrected chi connectivity index (χ0v) is 18.5. The summed E-state index contributed by atoms with van der Waals surface area (Å²) in [4.78, 5) is 4.61. The summed E-state index contributed by atoms with van der Waals surface area (Å²) >= 11 is -1.18. The first-order valence-corrected chi connectivity index (χ1v) is 12.6. The van der Waals surface area contributed by atoms with Gasteiger partial charge in [0.15, 0.2) is 8.32 Å². The van der Waals surface area contributed by atoms with E-state index in [0.717, 1.165) is 11.4 Å². The molecular weight excluding hydrogens is 336 g/mol. The molecule has 0 aliphatic rings. The van der Waals surface area contributed by atoms with Crippen LogP contribution >= 0.6 is 0 Å². The minimum Gasteiger partial charge on any atom is -0.598 e. The molecule has 1 aromatic heterocycles. The van der Waals surface area contributed by atoms with Gasteiger partial charge in [-0.1, -0.05) is 26.8 Å². The van der Waals surface area contributed by atoms with Gasteiger partial charge in [0.1, 0.15) is 10.8 Å². The van der Waals surface area contributed by atoms with Crippen molar-refractivity contribution in [1.29, 1.82) is 0 Å². The predicted octanol–water partition coefficient (Wildman–Crippen LogP) is 4.50. The lowest BCUT2D eigenvalue weighted by molar-refractivity contribution is 0.254. The zero-order chi connectivity index (χ0) is 18.8. The van der Waals surface area contributed by atoms with Gasteiger partial charge in [-0.3, -0.25) is 4.98 Å². The Bertz CT molecular complexity index is 539. The standard InChI is InChI=1S/C18H34N2O2SSi/c1-14-11-10-12-15(19-14)16(20-23(21)17(2,3)4)13-22-24(8,9)18(5,6)7/h10-12,16,20H,13H2,1-9H3/t16-,23?/m1/s1. The molecule has 1 unspecified atom stereocenters. The fraction of sp³-hybridized carbons (Fsp3) is 0.722. The summed E-state index contributed by atoms with van der Waals surface area (Å²) in [5.41, 5.74) is 1.83. The maximum absolute atomic E-state index is 12.6. The Morgan fingerprint density at radius 1 is 1.21 bits per heavy atom. The van der Waals surface area contributed by atoms with E-state index in [2.05, 4.69) is 43.6 Å². The molecule has 0 radical (unpaired) electrons. The monoisotopic (exact) mass is 370 g/mol. The van der Waals surface area contributed by atoms with Crippen LogP contribution in [0.25, 0.3) is 0 Å². The molecule has 24 heavy (non-hydrogen) atoms. The van der Waals surface area contributed by atoms with E-state index in [9.17, 15) is 4.55 Å². The van der Waals surface area contributed by atoms with Gasteiger partial charge in [-0.25, -0.2) is 0 Å². The van der Waals surface area contributed by atoms with Gasteiger partial charge >= 0.3 is 0 Å². The third-order valence-electron chi connectivity index (χ3n) is 4.49. The Morgan fingerprint density at radius 3 is 2.25 bits per heavy atom. The highest BCUT2D eigenvalue weighted by Gasteiger charge is 2.39. The molecule has 0 fully saturated rings. The molecule has 0 aromatic carbocycles. The van der Waals surface area contributed by atoms with E-state index >= 15 is 0 Å². The van der Waals surface area contributed by atoms with Crippen LogP contribution in [0.2, 0.25) is 18.1 Å². The largest absolute Gasteiger partial charge is 0.598 e. The van der Waals surface area contributed by atoms with Crippen LogP contribution in [0.4, 0.5) is 0 Å². The maximum atomic E-state index is 12.6. The average molecular weight is 371 g/mol. The molecule has 2 atom stereocenters. The number of rotatable bonds is 6. The van der Waals surface area contributed by atoms with Crippen LogP contribution in [-0.4, -0.2) is 29.2 Å². The van der Waals surface area contributed by atoms with Crippen molar-refractivity contribution in [2.45, 2.75) is 77.4 Å². The quantitative estimate of drug-likeness (QED) is 0.591. The minimum absolute atomic E-state index is 0.140. The molecule has 0 saturated carbocycles. The number of nitrogens with one attached hydrogen (secondary N) is 1. The summed E-state index contributed by atoms with van der Waals surface area (Å²) in [6.45, 7) is 19.5. The second-order valence-electron chi connectivity index (χ2n) is 8.83. The first kappa shape index (κ1) is 21.6. The lowest BCUT2D eigenvalue weighted by Crippen LogP contribution is -2.46. The van der Waals surface area contributed by atoms with Gasteiger partial charge in [-0.2, -0.15) is 0 Å². The van der Waals surface area contributed by atoms with E-state index in [1.807, 2.05) is 45.9 Å². The van der Waals surface area contributed by atoms with Gasteiger partial charge in [0.25, 0.3) is 0 Å². The Morgan fingerprint density at radius 2 is 1.79 bits per heavy atom. The van der Waals surface area contributed by atoms with Gasteiger partial charge in [0.05, 0.1) is 12.3 Å². The number of hydrogen-bond acceptors (Lipinski definition) is 4. The van der Waals surface area contributed by atoms with Gasteiger partial charge in [0, 0.05) is 17.1 Å². The molecule has 0 aliphatic heterocycles. The summed E-state index contributed by atoms with van der Waals surface area (Å²) in [6, 6.07) is 5.74. The van der Waals surface area contributed by atoms with Crippen LogP contribution in [0.1, 0.15) is 59.0 Å². The normalized spacial score (nSPS) is 16.1. The van der Waals surface area contributed by atoms with Crippen molar-refractivity contribution >= 4 is 19.7 Å². The van der Waals surface area contributed by atoms with E-state index in [4.69, 9.17) is 4.43 Å². The minimum atomic E-state index is -1.88. The lowest BCUT2D eigenvalue weighted by Gasteiger charge is -2.37. The molecule has 138 valence electrons. The third-order valence-corrected chi connectivity index (χ3v) is 10.6. The number of hydrogen-bond donors (Lipinski definition) is 1. The van der Waals surface area contributed by atoms with Crippen LogP contribution < -0.4 is 4.72 Å². The van der Waals surface area contributed by atoms with Gasteiger partial charge in [0.2, 0.25) is 0 Å². The van der Waals surface area contributed by atoms with Crippen molar-refractivity contribution in [3.63, 3.8) is 0 Å². The van der Waals surface area contributed by atoms with Crippen molar-refractivity contribution in [3.8, 4) is 0 Å². The summed E-state index contributed by atoms with van der Waals surface area (Å²) < 4.78 is 21.8. The van der Waals surface area contributed by atoms with Crippen molar-refractivity contribution in [1.82, 2.24) is 9.71 Å². The fourth-order valence-corrected chi connectivity index (χ4v) is 3.57. The Labute approximate surface area is 152 Å². The van der Waals surface area contributed by atoms with Gasteiger partial charge < -0.3 is 8.98 Å². The van der Waals surface area contributed by atoms with E-state index < -0.39 is 19.7 Å². The Balaban J connectivity index is 2.98. The molecule has 1 rings (SSSR count). The highest BCUT2D eigenvalue weighted by Crippen LogP contribution is 2.37. The maximum Gasteiger partial charge on any atom is 0.192 e. The molecule has 0 spiro atoms. The zero-order valence-electron chi connectivity index (χ0n) is 16.7. The fourth-order valence-electron chi connectivity index (χ4n) is 1.75. The molecule has 1 heterocycles. The van der Waals surface area contributed by atoms with E-state index in [1.165, 1.54) is 0 Å². The molecule has 0 amide bonds. The first-order chi connectivity index (χ1) is 10.7. The van der Waals surface area contributed by atoms with E-state index in [1.54, 1.807) is 0 Å². The van der Waals surface area contributed by atoms with Crippen LogP contribution in [0.3, 0.4) is 0 Å². The van der Waals surface area contributed by atoms with Crippen molar-refractivity contribution < 1.29 is 8.98 Å². The van der Waals surface area contributed by atoms with Crippen molar-refractivity contribution in [3.05, 3.63) is 29.6 Å². The van der Waals surface area contributed by atoms with Gasteiger partial charge in [-0.15, -0.1) is 4.72 Å². The van der Waals surface area contributed by atoms with Crippen molar-refractivity contribution in [2.75, 3.05) is 6.61 Å². The SMILES string of the molecule is Cc1cccc([C@@H](CO[Si](C)(C)C(C)(C)C)N[S+]([O-])C(C)(C)C)n1. The second kappa shape index (κ2) is 7.87. The highest BCUT2D eigenvalue weighted by molar-refractivity contribution is 7.90. The van der Waals surface area contributed by atoms with Gasteiger partial charge in [-0.05, 0) is 58.0 Å². The summed E-state index contributed by atoms with van der Waals surface area (Å²) in [6.07, 6.45) is 0.